The van der Waals surface area contributed by atoms with Crippen LogP contribution in [0.5, 0.6) is 0 Å². The number of hydrogen-bond donors (Lipinski definition) is 2. The molecule has 1 amide bonds. The van der Waals surface area contributed by atoms with Crippen LogP contribution in [-0.4, -0.2) is 19.0 Å². The molecule has 166 valence electrons. The molecule has 0 aliphatic carbocycles. The van der Waals surface area contributed by atoms with Crippen molar-refractivity contribution in [2.75, 3.05) is 23.3 Å². The quantitative estimate of drug-likeness (QED) is 0.535. The summed E-state index contributed by atoms with van der Waals surface area (Å²) in [6.45, 7) is 4.57. The van der Waals surface area contributed by atoms with Gasteiger partial charge in [-0.15, -0.1) is 0 Å². The van der Waals surface area contributed by atoms with E-state index in [0.717, 1.165) is 37.1 Å². The molecule has 1 saturated heterocycles. The number of hydrogen-bond acceptors (Lipinski definition) is 5. The molecule has 32 heavy (non-hydrogen) atoms. The molecule has 0 atom stereocenters. The Morgan fingerprint density at radius 1 is 1.00 bits per heavy atom. The van der Waals surface area contributed by atoms with E-state index >= 15 is 0 Å². The van der Waals surface area contributed by atoms with E-state index in [0.29, 0.717) is 41.0 Å². The number of nitrogens with one attached hydrogen (secondary N) is 2. The largest absolute Gasteiger partial charge is 0.376 e. The van der Waals surface area contributed by atoms with Gasteiger partial charge in [0.1, 0.15) is 11.4 Å². The third kappa shape index (κ3) is 4.70. The Hall–Kier alpha value is -3.12. The molecule has 0 radical (unpaired) electrons. The molecule has 1 aliphatic rings. The second kappa shape index (κ2) is 9.57. The number of rotatable bonds is 7. The van der Waals surface area contributed by atoms with Crippen molar-refractivity contribution < 1.29 is 4.79 Å². The zero-order valence-electron chi connectivity index (χ0n) is 18.0. The SMILES string of the molecule is CC1CCN(c2c(NCc3ccc(C(=O)NCc4ccccc4Cl)cc3)c(=O)c2=O)CC1. The molecule has 1 heterocycles. The minimum atomic E-state index is -0.450. The Morgan fingerprint density at radius 2 is 1.69 bits per heavy atom. The van der Waals surface area contributed by atoms with Crippen molar-refractivity contribution in [1.82, 2.24) is 5.32 Å². The Bertz CT molecular complexity index is 1170. The highest BCUT2D eigenvalue weighted by Crippen LogP contribution is 2.26. The van der Waals surface area contributed by atoms with Gasteiger partial charge in [-0.1, -0.05) is 48.9 Å². The number of piperidine rings is 1. The summed E-state index contributed by atoms with van der Waals surface area (Å²) in [4.78, 5) is 38.7. The average Bonchev–Trinajstić information content (AvgIpc) is 2.81. The molecule has 6 nitrogen and oxygen atoms in total. The van der Waals surface area contributed by atoms with E-state index in [1.54, 1.807) is 18.2 Å². The number of benzene rings is 2. The molecule has 3 aromatic rings. The van der Waals surface area contributed by atoms with Crippen molar-refractivity contribution >= 4 is 28.9 Å². The first-order valence-corrected chi connectivity index (χ1v) is 11.2. The predicted molar refractivity (Wildman–Crippen MR) is 128 cm³/mol. The van der Waals surface area contributed by atoms with Gasteiger partial charge in [-0.3, -0.25) is 14.4 Å². The molecule has 0 aromatic heterocycles. The van der Waals surface area contributed by atoms with E-state index in [9.17, 15) is 14.4 Å². The van der Waals surface area contributed by atoms with Crippen LogP contribution in [0.15, 0.2) is 58.1 Å². The van der Waals surface area contributed by atoms with Gasteiger partial charge in [0.05, 0.1) is 0 Å². The second-order valence-corrected chi connectivity index (χ2v) is 8.78. The van der Waals surface area contributed by atoms with Gasteiger partial charge in [-0.05, 0) is 48.1 Å². The van der Waals surface area contributed by atoms with Crippen molar-refractivity contribution in [2.24, 2.45) is 5.92 Å². The molecular formula is C25H26ClN3O3. The molecule has 1 aliphatic heterocycles. The van der Waals surface area contributed by atoms with Crippen LogP contribution in [0.4, 0.5) is 11.4 Å². The van der Waals surface area contributed by atoms with E-state index in [1.807, 2.05) is 35.2 Å². The Morgan fingerprint density at radius 3 is 2.38 bits per heavy atom. The summed E-state index contributed by atoms with van der Waals surface area (Å²) in [7, 11) is 0. The lowest BCUT2D eigenvalue weighted by Crippen LogP contribution is -2.45. The molecule has 7 heteroatoms. The number of carbonyl (C=O) groups excluding carboxylic acids is 1. The maximum Gasteiger partial charge on any atom is 0.253 e. The molecule has 2 N–H and O–H groups in total. The Labute approximate surface area is 191 Å². The monoisotopic (exact) mass is 451 g/mol. The molecule has 0 unspecified atom stereocenters. The normalized spacial score (nSPS) is 14.5. The highest BCUT2D eigenvalue weighted by molar-refractivity contribution is 6.31. The van der Waals surface area contributed by atoms with Crippen LogP contribution < -0.4 is 26.4 Å². The third-order valence-corrected chi connectivity index (χ3v) is 6.44. The molecule has 0 saturated carbocycles. The Kier molecular flexibility index (Phi) is 6.61. The zero-order chi connectivity index (χ0) is 22.7. The van der Waals surface area contributed by atoms with Gasteiger partial charge in [0, 0.05) is 36.8 Å². The average molecular weight is 452 g/mol. The standard InChI is InChI=1S/C25H26ClN3O3/c1-16-10-12-29(13-11-16)22-21(23(30)24(22)31)27-14-17-6-8-18(9-7-17)25(32)28-15-19-4-2-3-5-20(19)26/h2-9,16,27H,10-15H2,1H3,(H,28,32). The number of amides is 1. The fourth-order valence-electron chi connectivity index (χ4n) is 3.96. The number of nitrogens with zero attached hydrogens (tertiary/aromatic N) is 1. The van der Waals surface area contributed by atoms with Gasteiger partial charge in [0.2, 0.25) is 0 Å². The van der Waals surface area contributed by atoms with Crippen molar-refractivity contribution in [3.63, 3.8) is 0 Å². The summed E-state index contributed by atoms with van der Waals surface area (Å²) in [5, 5.41) is 6.61. The van der Waals surface area contributed by atoms with Crippen LogP contribution in [0, 0.1) is 5.92 Å². The van der Waals surface area contributed by atoms with Crippen LogP contribution in [0.1, 0.15) is 41.3 Å². The van der Waals surface area contributed by atoms with Crippen molar-refractivity contribution in [1.29, 1.82) is 0 Å². The van der Waals surface area contributed by atoms with Crippen molar-refractivity contribution in [2.45, 2.75) is 32.9 Å². The van der Waals surface area contributed by atoms with Gasteiger partial charge in [-0.25, -0.2) is 0 Å². The molecular weight excluding hydrogens is 426 g/mol. The number of carbonyl (C=O) groups is 1. The van der Waals surface area contributed by atoms with Crippen molar-refractivity contribution in [3.05, 3.63) is 90.7 Å². The van der Waals surface area contributed by atoms with Crippen LogP contribution in [0.3, 0.4) is 0 Å². The van der Waals surface area contributed by atoms with Gasteiger partial charge < -0.3 is 15.5 Å². The highest BCUT2D eigenvalue weighted by Gasteiger charge is 2.28. The van der Waals surface area contributed by atoms with Crippen LogP contribution in [0.2, 0.25) is 5.02 Å². The Balaban J connectivity index is 1.34. The fraction of sp³-hybridized carbons (Fsp3) is 0.320. The summed E-state index contributed by atoms with van der Waals surface area (Å²) >= 11 is 6.13. The molecule has 0 bridgehead atoms. The van der Waals surface area contributed by atoms with Crippen LogP contribution in [-0.2, 0) is 13.1 Å². The lowest BCUT2D eigenvalue weighted by atomic mass is 9.98. The molecule has 1 fully saturated rings. The van der Waals surface area contributed by atoms with Crippen molar-refractivity contribution in [3.8, 4) is 0 Å². The summed E-state index contributed by atoms with van der Waals surface area (Å²) in [5.74, 6) is 0.461. The second-order valence-electron chi connectivity index (χ2n) is 8.38. The number of halogens is 1. The first kappa shape index (κ1) is 22.1. The summed E-state index contributed by atoms with van der Waals surface area (Å²) in [6, 6.07) is 14.6. The maximum atomic E-state index is 12.4. The lowest BCUT2D eigenvalue weighted by Gasteiger charge is -2.33. The number of anilines is 2. The van der Waals surface area contributed by atoms with Gasteiger partial charge in [0.25, 0.3) is 16.8 Å². The molecule has 0 spiro atoms. The van der Waals surface area contributed by atoms with Gasteiger partial charge in [-0.2, -0.15) is 0 Å². The van der Waals surface area contributed by atoms with Gasteiger partial charge in [0.15, 0.2) is 0 Å². The molecule has 4 rings (SSSR count). The lowest BCUT2D eigenvalue weighted by molar-refractivity contribution is 0.0951. The summed E-state index contributed by atoms with van der Waals surface area (Å²) in [5.41, 5.74) is 2.40. The topological polar surface area (TPSA) is 78.5 Å². The fourth-order valence-corrected chi connectivity index (χ4v) is 4.16. The maximum absolute atomic E-state index is 12.4. The smallest absolute Gasteiger partial charge is 0.253 e. The third-order valence-electron chi connectivity index (χ3n) is 6.07. The van der Waals surface area contributed by atoms with Crippen LogP contribution in [0.25, 0.3) is 0 Å². The summed E-state index contributed by atoms with van der Waals surface area (Å²) in [6.07, 6.45) is 2.05. The first-order valence-electron chi connectivity index (χ1n) is 10.9. The van der Waals surface area contributed by atoms with Gasteiger partial charge >= 0.3 is 0 Å². The van der Waals surface area contributed by atoms with E-state index < -0.39 is 10.9 Å². The van der Waals surface area contributed by atoms with Crippen LogP contribution >= 0.6 is 11.6 Å². The van der Waals surface area contributed by atoms with E-state index in [-0.39, 0.29) is 5.91 Å². The zero-order valence-corrected chi connectivity index (χ0v) is 18.7. The highest BCUT2D eigenvalue weighted by atomic mass is 35.5. The minimum Gasteiger partial charge on any atom is -0.376 e. The van der Waals surface area contributed by atoms with E-state index in [1.165, 1.54) is 0 Å². The van der Waals surface area contributed by atoms with E-state index in [2.05, 4.69) is 17.6 Å². The molecule has 3 aromatic carbocycles. The predicted octanol–water partition coefficient (Wildman–Crippen LogP) is 3.71. The first-order chi connectivity index (χ1) is 15.4. The summed E-state index contributed by atoms with van der Waals surface area (Å²) < 4.78 is 0. The minimum absolute atomic E-state index is 0.187. The van der Waals surface area contributed by atoms with E-state index in [4.69, 9.17) is 11.6 Å².